The number of urea groups is 1. The molecule has 23 heteroatoms. The third-order valence-electron chi connectivity index (χ3n) is 22.8. The lowest BCUT2D eigenvalue weighted by atomic mass is 9.98. The number of aryl methyl sites for hydroxylation is 1. The SMILES string of the molecule is C.C=C1CC(=O)/C(=C\C(C)C)C(=O)N1.CC(=O)C(C)C.CC(=O)C(C)C.CC(=O)CCCC(C)C.CC(C)C(=O)Cc1ccccc1.CC(C)C(=O)N1CCCCC1.CC(C)C=C1C(=O)N(C)C(=O)N(C)C1=O.CC(C)CC(=O)C(C)C.CC(C)CCC(C)C.CC(C)CCc1ccccc1.CC(C)CN(C)C.CC(C)CN1C(=O)CSC1=O.CC(C)CN1CCCCC1.CCC(C)C.CCN1CCN(CC(C)C)CC1. The number of piperazine rings is 1. The Bertz CT molecular complexity index is 3740. The maximum atomic E-state index is 11.6. The second-order valence-corrected chi connectivity index (χ2v) is 46.9. The number of amides is 8. The van der Waals surface area contributed by atoms with E-state index in [4.69, 9.17) is 0 Å². The summed E-state index contributed by atoms with van der Waals surface area (Å²) in [6, 6.07) is 19.9. The van der Waals surface area contributed by atoms with Gasteiger partial charge in [0.25, 0.3) is 23.0 Å². The Labute approximate surface area is 902 Å². The number of nitrogens with zero attached hydrogens (tertiary/aromatic N) is 8. The highest BCUT2D eigenvalue weighted by atomic mass is 32.2. The molecular weight excluding hydrogens is 1840 g/mol. The summed E-state index contributed by atoms with van der Waals surface area (Å²) >= 11 is 1.09. The Kier molecular flexibility index (Phi) is 97.4. The Morgan fingerprint density at radius 2 is 0.808 bits per heavy atom. The molecule has 6 fully saturated rings. The molecule has 6 aliphatic rings. The number of Topliss-reactive ketones (excluding diaryl/α,β-unsaturated/α-hetero) is 6. The second-order valence-electron chi connectivity index (χ2n) is 46.0. The van der Waals surface area contributed by atoms with Gasteiger partial charge in [-0.3, -0.25) is 67.4 Å². The number of likely N-dealkylation sites (N-methyl/N-ethyl adjacent to an activating group) is 3. The van der Waals surface area contributed by atoms with Gasteiger partial charge in [0.2, 0.25) is 11.8 Å². The molecule has 0 atom stereocenters. The van der Waals surface area contributed by atoms with Crippen LogP contribution in [0.3, 0.4) is 0 Å². The van der Waals surface area contributed by atoms with Gasteiger partial charge in [-0.2, -0.15) is 0 Å². The van der Waals surface area contributed by atoms with Crippen molar-refractivity contribution in [2.75, 3.05) is 119 Å². The van der Waals surface area contributed by atoms with E-state index in [1.807, 2.05) is 146 Å². The number of ketones is 6. The minimum Gasteiger partial charge on any atom is -0.342 e. The first kappa shape index (κ1) is 154. The first-order valence-corrected chi connectivity index (χ1v) is 56.4. The van der Waals surface area contributed by atoms with Gasteiger partial charge in [0.05, 0.1) is 17.7 Å². The quantitative estimate of drug-likeness (QED) is 0.0543. The van der Waals surface area contributed by atoms with Crippen molar-refractivity contribution in [2.24, 2.45) is 101 Å². The topological polar surface area (TPSA) is 260 Å². The van der Waals surface area contributed by atoms with Crippen molar-refractivity contribution in [1.29, 1.82) is 0 Å². The zero-order valence-electron chi connectivity index (χ0n) is 101. The first-order chi connectivity index (χ1) is 67.1. The van der Waals surface area contributed by atoms with E-state index < -0.39 is 17.8 Å². The lowest BCUT2D eigenvalue weighted by molar-refractivity contribution is -0.136. The average molecular weight is 2070 g/mol. The van der Waals surface area contributed by atoms with E-state index in [0.717, 1.165) is 107 Å². The maximum Gasteiger partial charge on any atom is 0.333 e. The number of allylic oxidation sites excluding steroid dienone is 3. The van der Waals surface area contributed by atoms with E-state index in [2.05, 4.69) is 214 Å². The zero-order chi connectivity index (χ0) is 114. The summed E-state index contributed by atoms with van der Waals surface area (Å²) in [5, 5.41) is 2.45. The van der Waals surface area contributed by atoms with Crippen LogP contribution in [0.2, 0.25) is 0 Å². The summed E-state index contributed by atoms with van der Waals surface area (Å²) in [6.45, 7) is 99.2. The average Bonchev–Trinajstić information content (AvgIpc) is 0.876. The van der Waals surface area contributed by atoms with Crippen LogP contribution in [-0.4, -0.2) is 234 Å². The Balaban J connectivity index is -0.000000235. The molecule has 6 aliphatic heterocycles. The fraction of sp³-hybridized carbons (Fsp3) is 0.748. The molecule has 146 heavy (non-hydrogen) atoms. The smallest absolute Gasteiger partial charge is 0.333 e. The molecule has 0 saturated carbocycles. The highest BCUT2D eigenvalue weighted by molar-refractivity contribution is 8.14. The van der Waals surface area contributed by atoms with Crippen molar-refractivity contribution in [3.8, 4) is 0 Å². The second kappa shape index (κ2) is 92.5. The van der Waals surface area contributed by atoms with Crippen LogP contribution in [0.1, 0.15) is 385 Å². The fourth-order valence-corrected chi connectivity index (χ4v) is 14.0. The predicted molar refractivity (Wildman–Crippen MR) is 625 cm³/mol. The van der Waals surface area contributed by atoms with Crippen LogP contribution in [0, 0.1) is 101 Å². The molecule has 22 nitrogen and oxygen atoms in total. The van der Waals surface area contributed by atoms with Crippen LogP contribution in [0.4, 0.5) is 9.59 Å². The first-order valence-electron chi connectivity index (χ1n) is 55.4. The van der Waals surface area contributed by atoms with Gasteiger partial charge < -0.3 is 34.6 Å². The molecule has 0 spiro atoms. The zero-order valence-corrected chi connectivity index (χ0v) is 102. The van der Waals surface area contributed by atoms with Gasteiger partial charge in [-0.15, -0.1) is 0 Å². The van der Waals surface area contributed by atoms with E-state index in [9.17, 15) is 62.3 Å². The van der Waals surface area contributed by atoms with Gasteiger partial charge in [0.1, 0.15) is 34.5 Å². The third-order valence-corrected chi connectivity index (χ3v) is 23.6. The van der Waals surface area contributed by atoms with Gasteiger partial charge >= 0.3 is 6.03 Å². The number of nitrogens with one attached hydrogen (secondary N) is 1. The molecule has 0 unspecified atom stereocenters. The van der Waals surface area contributed by atoms with Gasteiger partial charge in [-0.05, 0) is 195 Å². The van der Waals surface area contributed by atoms with Gasteiger partial charge in [0.15, 0.2) is 5.78 Å². The van der Waals surface area contributed by atoms with E-state index in [1.165, 1.54) is 167 Å². The predicted octanol–water partition coefficient (Wildman–Crippen LogP) is 28.0. The number of barbiturate groups is 1. The van der Waals surface area contributed by atoms with Gasteiger partial charge in [0, 0.05) is 128 Å². The Morgan fingerprint density at radius 3 is 1.10 bits per heavy atom. The highest BCUT2D eigenvalue weighted by Gasteiger charge is 2.38. The summed E-state index contributed by atoms with van der Waals surface area (Å²) in [4.78, 5) is 159. The summed E-state index contributed by atoms with van der Waals surface area (Å²) < 4.78 is 0. The molecule has 8 rings (SSSR count). The van der Waals surface area contributed by atoms with Crippen LogP contribution in [-0.2, 0) is 65.6 Å². The van der Waals surface area contributed by atoms with E-state index in [0.29, 0.717) is 59.5 Å². The molecule has 0 radical (unpaired) electrons. The number of carbonyl (C=O) groups excluding carboxylic acids is 13. The summed E-state index contributed by atoms with van der Waals surface area (Å²) in [5.74, 6) is 9.40. The maximum absolute atomic E-state index is 11.6. The fourth-order valence-electron chi connectivity index (χ4n) is 13.3. The van der Waals surface area contributed by atoms with Crippen molar-refractivity contribution >= 4 is 87.3 Å². The Morgan fingerprint density at radius 1 is 0.432 bits per heavy atom. The van der Waals surface area contributed by atoms with Gasteiger partial charge in [-0.25, -0.2) is 4.79 Å². The molecule has 0 aromatic heterocycles. The van der Waals surface area contributed by atoms with Crippen LogP contribution in [0.25, 0.3) is 0 Å². The number of hydrogen-bond donors (Lipinski definition) is 1. The molecular formula is C123H227N9O13S. The number of hydrogen-bond acceptors (Lipinski definition) is 18. The van der Waals surface area contributed by atoms with E-state index in [-0.39, 0.29) is 101 Å². The monoisotopic (exact) mass is 2070 g/mol. The van der Waals surface area contributed by atoms with Crippen molar-refractivity contribution in [2.45, 2.75) is 387 Å². The van der Waals surface area contributed by atoms with E-state index in [1.54, 1.807) is 32.9 Å². The van der Waals surface area contributed by atoms with Crippen LogP contribution < -0.4 is 5.32 Å². The number of likely N-dealkylation sites (tertiary alicyclic amines) is 2. The van der Waals surface area contributed by atoms with Crippen molar-refractivity contribution in [3.05, 3.63) is 107 Å². The number of carbonyl (C=O) groups is 13. The number of imide groups is 3. The standard InChI is InChI=1S/C11H14O.C11H16.C10H14N2O3.C10H22N2.C10H13NO2.C9H17NO.C9H19N.2C8H16O.C8H18.C7H11NO2S.C6H15N.2C5H10O.C5H12.CH4/c1-9(2)11(12)8-10-6-4-3-5-7-10;1-10(2)8-9-11-6-4-3-5-7-11;1-6(2)5-7-8(13)11(3)10(15)12(4)9(7)14;1-4-11-5-7-12(8-6-11)9-10(2)3;1-6(2)4-8-9(12)5-7(3)11-10(8)13;1-8(2)9(11)10-6-4-3-5-7-10;1-9(2)8-10-6-4-3-5-7-10;1-6(2)5-8(9)7(3)4;1-7(2)5-4-6-8(3)9;1-7(2)5-6-8(3)4;1-5(2)3-8-6(9)4-11-7(8)10;1-6(2)5-7(3)4;2*1-4(2)5(3)6;1-4-5(2)3;/h3-7,9H,8H2,1-2H3;3-7,10H,8-9H2,1-2H3;5-6H,1-4H3;10H,4-9H2,1-3H3;4,6H,3,5H2,1-2H3,(H,11,13);8H,3-7H2,1-2H3;9H,3-8H2,1-2H3;6-7H,5H2,1-4H3;7H,4-6H2,1-3H3;7-8H,5-6H2,1-4H3;5H,3-4H2,1-2H3;6H,5H2,1-4H3;2*4H,1-3H3;5H,4H2,1-3H3;1H4/b;;;;8-4+;;;;;;;;;;;. The molecule has 0 aliphatic carbocycles. The molecule has 8 amide bonds. The van der Waals surface area contributed by atoms with Gasteiger partial charge in [-0.1, -0.05) is 380 Å². The Hall–Kier alpha value is -7.44. The molecule has 6 heterocycles. The van der Waals surface area contributed by atoms with Crippen molar-refractivity contribution < 1.29 is 62.3 Å². The lowest BCUT2D eigenvalue weighted by Crippen LogP contribution is -2.53. The summed E-state index contributed by atoms with van der Waals surface area (Å²) in [5.41, 5.74) is 3.38. The molecule has 2 aromatic rings. The molecule has 1 N–H and O–H groups in total. The molecule has 2 aromatic carbocycles. The number of benzene rings is 2. The molecule has 848 valence electrons. The molecule has 0 bridgehead atoms. The normalized spacial score (nSPS) is 15.0. The number of piperidine rings is 3. The van der Waals surface area contributed by atoms with E-state index >= 15 is 0 Å². The minimum atomic E-state index is -0.592. The molecule has 6 saturated heterocycles. The van der Waals surface area contributed by atoms with Crippen LogP contribution in [0.15, 0.2) is 96.2 Å². The van der Waals surface area contributed by atoms with Crippen LogP contribution >= 0.6 is 11.8 Å². The summed E-state index contributed by atoms with van der Waals surface area (Å²) in [7, 11) is 6.92. The van der Waals surface area contributed by atoms with Crippen LogP contribution in [0.5, 0.6) is 0 Å². The third kappa shape index (κ3) is 93.8. The number of thioether (sulfide) groups is 1. The summed E-state index contributed by atoms with van der Waals surface area (Å²) in [6.07, 6.45) is 22.4. The highest BCUT2D eigenvalue weighted by Crippen LogP contribution is 2.22. The minimum absolute atomic E-state index is 0. The lowest BCUT2D eigenvalue weighted by Gasteiger charge is -2.34. The number of rotatable bonds is 31. The largest absolute Gasteiger partial charge is 0.342 e. The van der Waals surface area contributed by atoms with Crippen molar-refractivity contribution in [1.82, 2.24) is 44.5 Å². The van der Waals surface area contributed by atoms with Crippen molar-refractivity contribution in [3.63, 3.8) is 0 Å².